The van der Waals surface area contributed by atoms with Crippen LogP contribution in [-0.4, -0.2) is 18.4 Å². The maximum absolute atomic E-state index is 13.2. The minimum absolute atomic E-state index is 0.0196. The lowest BCUT2D eigenvalue weighted by molar-refractivity contribution is -0.126. The van der Waals surface area contributed by atoms with Crippen LogP contribution in [0.1, 0.15) is 29.5 Å². The van der Waals surface area contributed by atoms with Gasteiger partial charge in [0.25, 0.3) is 0 Å². The van der Waals surface area contributed by atoms with Crippen LogP contribution in [0.5, 0.6) is 0 Å². The molecule has 0 aromatic heterocycles. The molecule has 0 saturated carbocycles. The van der Waals surface area contributed by atoms with Gasteiger partial charge in [0.2, 0.25) is 11.8 Å². The van der Waals surface area contributed by atoms with Crippen LogP contribution in [-0.2, 0) is 29.0 Å². The third-order valence-corrected chi connectivity index (χ3v) is 5.25. The van der Waals surface area contributed by atoms with Gasteiger partial charge in [-0.15, -0.1) is 0 Å². The van der Waals surface area contributed by atoms with Gasteiger partial charge < -0.3 is 10.2 Å². The summed E-state index contributed by atoms with van der Waals surface area (Å²) in [5.41, 5.74) is 4.27. The first kappa shape index (κ1) is 16.8. The fourth-order valence-corrected chi connectivity index (χ4v) is 3.84. The fraction of sp³-hybridized carbons (Fsp3) is 0.333. The monoisotopic (exact) mass is 352 g/mol. The van der Waals surface area contributed by atoms with Gasteiger partial charge in [0, 0.05) is 25.2 Å². The number of nitrogens with one attached hydrogen (secondary N) is 1. The van der Waals surface area contributed by atoms with Crippen LogP contribution in [0.25, 0.3) is 0 Å². The first-order valence-corrected chi connectivity index (χ1v) is 9.04. The van der Waals surface area contributed by atoms with Gasteiger partial charge in [0.1, 0.15) is 5.82 Å². The van der Waals surface area contributed by atoms with Gasteiger partial charge in [-0.25, -0.2) is 4.39 Å². The largest absolute Gasteiger partial charge is 0.352 e. The molecule has 1 aliphatic carbocycles. The zero-order chi connectivity index (χ0) is 18.1. The highest BCUT2D eigenvalue weighted by atomic mass is 19.1. The Morgan fingerprint density at radius 3 is 2.85 bits per heavy atom. The Kier molecular flexibility index (Phi) is 4.45. The second-order valence-corrected chi connectivity index (χ2v) is 7.06. The van der Waals surface area contributed by atoms with Crippen LogP contribution >= 0.6 is 0 Å². The van der Waals surface area contributed by atoms with Gasteiger partial charge in [-0.3, -0.25) is 9.59 Å². The number of amides is 2. The highest BCUT2D eigenvalue weighted by Crippen LogP contribution is 2.30. The lowest BCUT2D eigenvalue weighted by atomic mass is 10.1. The van der Waals surface area contributed by atoms with Crippen molar-refractivity contribution >= 4 is 17.5 Å². The van der Waals surface area contributed by atoms with E-state index in [0.29, 0.717) is 12.1 Å². The molecule has 0 bridgehead atoms. The average Bonchev–Trinajstić information content (AvgIpc) is 3.25. The number of fused-ring (bicyclic) bond motifs is 1. The number of benzene rings is 2. The number of carbonyl (C=O) groups is 2. The molecule has 0 spiro atoms. The zero-order valence-electron chi connectivity index (χ0n) is 14.5. The number of anilines is 1. The molecule has 1 saturated heterocycles. The lowest BCUT2D eigenvalue weighted by Crippen LogP contribution is -2.32. The lowest BCUT2D eigenvalue weighted by Gasteiger charge is -2.18. The molecule has 4 rings (SSSR count). The van der Waals surface area contributed by atoms with Crippen molar-refractivity contribution < 1.29 is 14.0 Å². The van der Waals surface area contributed by atoms with Gasteiger partial charge in [-0.1, -0.05) is 18.2 Å². The summed E-state index contributed by atoms with van der Waals surface area (Å²) >= 11 is 0. The first-order chi connectivity index (χ1) is 12.6. The summed E-state index contributed by atoms with van der Waals surface area (Å²) in [5, 5.41) is 2.82. The normalized spacial score (nSPS) is 18.9. The predicted octanol–water partition coefficient (Wildman–Crippen LogP) is 2.98. The predicted molar refractivity (Wildman–Crippen MR) is 97.2 cm³/mol. The van der Waals surface area contributed by atoms with Crippen LogP contribution in [0.2, 0.25) is 0 Å². The molecule has 1 heterocycles. The molecule has 134 valence electrons. The van der Waals surface area contributed by atoms with Gasteiger partial charge in [0.05, 0.1) is 5.92 Å². The second kappa shape index (κ2) is 6.90. The molecule has 1 aliphatic heterocycles. The van der Waals surface area contributed by atoms with Crippen LogP contribution in [0.4, 0.5) is 10.1 Å². The molecule has 1 N–H and O–H groups in total. The SMILES string of the molecule is O=C(NCc1cccc(F)c1)C1CC(=O)N(c2ccc3c(c2)CCC3)C1. The molecule has 26 heavy (non-hydrogen) atoms. The quantitative estimate of drug-likeness (QED) is 0.920. The maximum Gasteiger partial charge on any atom is 0.227 e. The maximum atomic E-state index is 13.2. The molecule has 1 unspecified atom stereocenters. The van der Waals surface area contributed by atoms with Crippen LogP contribution in [0.3, 0.4) is 0 Å². The topological polar surface area (TPSA) is 49.4 Å². The summed E-state index contributed by atoms with van der Waals surface area (Å²) in [4.78, 5) is 26.5. The standard InChI is InChI=1S/C21H21FN2O2/c22-18-6-1-3-14(9-18)12-23-21(26)17-11-20(25)24(13-17)19-8-7-15-4-2-5-16(15)10-19/h1,3,6-10,17H,2,4-5,11-13H2,(H,23,26). The zero-order valence-corrected chi connectivity index (χ0v) is 14.5. The molecule has 2 aromatic rings. The molecule has 2 amide bonds. The smallest absolute Gasteiger partial charge is 0.227 e. The van der Waals surface area contributed by atoms with Gasteiger partial charge in [-0.05, 0) is 60.2 Å². The first-order valence-electron chi connectivity index (χ1n) is 9.04. The molecule has 2 aromatic carbocycles. The minimum atomic E-state index is -0.371. The summed E-state index contributed by atoms with van der Waals surface area (Å²) in [6.45, 7) is 0.659. The Bertz CT molecular complexity index is 865. The minimum Gasteiger partial charge on any atom is -0.352 e. The molecule has 1 atom stereocenters. The summed E-state index contributed by atoms with van der Waals surface area (Å²) in [7, 11) is 0. The Balaban J connectivity index is 1.40. The van der Waals surface area contributed by atoms with E-state index in [2.05, 4.69) is 17.4 Å². The number of halogens is 1. The number of rotatable bonds is 4. The molecule has 2 aliphatic rings. The Morgan fingerprint density at radius 2 is 2.00 bits per heavy atom. The molecule has 5 heteroatoms. The van der Waals surface area contributed by atoms with Crippen molar-refractivity contribution in [2.45, 2.75) is 32.2 Å². The van der Waals surface area contributed by atoms with Crippen molar-refractivity contribution in [3.63, 3.8) is 0 Å². The fourth-order valence-electron chi connectivity index (χ4n) is 3.84. The van der Waals surface area contributed by atoms with Crippen molar-refractivity contribution in [3.8, 4) is 0 Å². The molecule has 1 fully saturated rings. The molecule has 4 nitrogen and oxygen atoms in total. The van der Waals surface area contributed by atoms with Crippen molar-refractivity contribution in [1.29, 1.82) is 0 Å². The number of aryl methyl sites for hydroxylation is 2. The molecule has 0 radical (unpaired) electrons. The third-order valence-electron chi connectivity index (χ3n) is 5.25. The summed E-state index contributed by atoms with van der Waals surface area (Å²) in [6.07, 6.45) is 3.54. The molecular weight excluding hydrogens is 331 g/mol. The van der Waals surface area contributed by atoms with Gasteiger partial charge >= 0.3 is 0 Å². The van der Waals surface area contributed by atoms with Crippen LogP contribution in [0.15, 0.2) is 42.5 Å². The van der Waals surface area contributed by atoms with E-state index in [1.165, 1.54) is 23.3 Å². The van der Waals surface area contributed by atoms with E-state index in [-0.39, 0.29) is 36.5 Å². The number of nitrogens with zero attached hydrogens (tertiary/aromatic N) is 1. The highest BCUT2D eigenvalue weighted by Gasteiger charge is 2.35. The van der Waals surface area contributed by atoms with Gasteiger partial charge in [-0.2, -0.15) is 0 Å². The van der Waals surface area contributed by atoms with Crippen molar-refractivity contribution in [2.75, 3.05) is 11.4 Å². The van der Waals surface area contributed by atoms with E-state index in [0.717, 1.165) is 24.9 Å². The van der Waals surface area contributed by atoms with E-state index >= 15 is 0 Å². The average molecular weight is 352 g/mol. The van der Waals surface area contributed by atoms with E-state index < -0.39 is 0 Å². The number of hydrogen-bond acceptors (Lipinski definition) is 2. The molecular formula is C21H21FN2O2. The van der Waals surface area contributed by atoms with Gasteiger partial charge in [0.15, 0.2) is 0 Å². The Labute approximate surface area is 152 Å². The number of hydrogen-bond donors (Lipinski definition) is 1. The van der Waals surface area contributed by atoms with Crippen molar-refractivity contribution in [2.24, 2.45) is 5.92 Å². The highest BCUT2D eigenvalue weighted by molar-refractivity contribution is 6.00. The van der Waals surface area contributed by atoms with E-state index in [1.54, 1.807) is 17.0 Å². The summed E-state index contributed by atoms with van der Waals surface area (Å²) < 4.78 is 13.2. The van der Waals surface area contributed by atoms with E-state index in [4.69, 9.17) is 0 Å². The second-order valence-electron chi connectivity index (χ2n) is 7.06. The van der Waals surface area contributed by atoms with Crippen LogP contribution < -0.4 is 10.2 Å². The Hall–Kier alpha value is -2.69. The Morgan fingerprint density at radius 1 is 1.15 bits per heavy atom. The van der Waals surface area contributed by atoms with Crippen molar-refractivity contribution in [1.82, 2.24) is 5.32 Å². The third kappa shape index (κ3) is 3.34. The summed E-state index contributed by atoms with van der Waals surface area (Å²) in [5.74, 6) is -0.875. The van der Waals surface area contributed by atoms with Crippen LogP contribution in [0, 0.1) is 11.7 Å². The summed E-state index contributed by atoms with van der Waals surface area (Å²) in [6, 6.07) is 12.3. The van der Waals surface area contributed by atoms with E-state index in [1.807, 2.05) is 6.07 Å². The van der Waals surface area contributed by atoms with E-state index in [9.17, 15) is 14.0 Å². The van der Waals surface area contributed by atoms with Crippen molar-refractivity contribution in [3.05, 3.63) is 65.0 Å². The number of carbonyl (C=O) groups excluding carboxylic acids is 2.